The van der Waals surface area contributed by atoms with Crippen LogP contribution in [0.25, 0.3) is 0 Å². The second-order valence-electron chi connectivity index (χ2n) is 5.68. The molecule has 0 saturated carbocycles. The van der Waals surface area contributed by atoms with Crippen LogP contribution in [-0.4, -0.2) is 28.7 Å². The van der Waals surface area contributed by atoms with Crippen molar-refractivity contribution >= 4 is 24.4 Å². The van der Waals surface area contributed by atoms with E-state index in [1.807, 2.05) is 0 Å². The van der Waals surface area contributed by atoms with Gasteiger partial charge in [0, 0.05) is 17.2 Å². The predicted molar refractivity (Wildman–Crippen MR) is 86.9 cm³/mol. The molecule has 4 nitrogen and oxygen atoms in total. The minimum atomic E-state index is -1.06. The predicted octanol–water partition coefficient (Wildman–Crippen LogP) is 2.42. The summed E-state index contributed by atoms with van der Waals surface area (Å²) >= 11 is 4.28. The van der Waals surface area contributed by atoms with E-state index >= 15 is 0 Å². The van der Waals surface area contributed by atoms with Gasteiger partial charge in [-0.3, -0.25) is 9.59 Å². The fourth-order valence-electron chi connectivity index (χ4n) is 2.32. The molecule has 21 heavy (non-hydrogen) atoms. The van der Waals surface area contributed by atoms with Gasteiger partial charge in [-0.15, -0.1) is 0 Å². The number of rotatable bonds is 8. The fourth-order valence-corrected chi connectivity index (χ4v) is 2.63. The topological polar surface area (TPSA) is 80.4 Å². The minimum absolute atomic E-state index is 0.0203. The van der Waals surface area contributed by atoms with Crippen molar-refractivity contribution in [1.82, 2.24) is 0 Å². The molecule has 5 heteroatoms. The number of carboxylic acid groups (broad SMARTS) is 1. The Bertz CT molecular complexity index is 502. The molecule has 0 aliphatic rings. The Morgan fingerprint density at radius 1 is 1.29 bits per heavy atom. The van der Waals surface area contributed by atoms with Crippen LogP contribution < -0.4 is 5.73 Å². The van der Waals surface area contributed by atoms with E-state index in [0.717, 1.165) is 6.42 Å². The Balaban J connectivity index is 3.01. The highest BCUT2D eigenvalue weighted by molar-refractivity contribution is 7.80. The van der Waals surface area contributed by atoms with Crippen molar-refractivity contribution in [3.8, 4) is 0 Å². The number of carbonyl (C=O) groups is 2. The van der Waals surface area contributed by atoms with Gasteiger partial charge in [0.15, 0.2) is 5.78 Å². The molecule has 0 aromatic heterocycles. The zero-order valence-corrected chi connectivity index (χ0v) is 13.3. The first-order chi connectivity index (χ1) is 9.86. The maximum absolute atomic E-state index is 12.6. The first kappa shape index (κ1) is 17.7. The minimum Gasteiger partial charge on any atom is -0.480 e. The number of ketones is 1. The molecule has 2 unspecified atom stereocenters. The van der Waals surface area contributed by atoms with Crippen LogP contribution in [-0.2, 0) is 11.2 Å². The van der Waals surface area contributed by atoms with Crippen molar-refractivity contribution in [1.29, 1.82) is 0 Å². The monoisotopic (exact) mass is 309 g/mol. The van der Waals surface area contributed by atoms with Crippen LogP contribution in [0, 0.1) is 11.8 Å². The van der Waals surface area contributed by atoms with Crippen LogP contribution in [0.2, 0.25) is 0 Å². The highest BCUT2D eigenvalue weighted by atomic mass is 32.1. The SMILES string of the molecule is CC(C)CC(CS)C(=O)c1ccccc1CC(N)C(=O)O. The zero-order chi connectivity index (χ0) is 16.0. The number of aliphatic carboxylic acids is 1. The second-order valence-corrected chi connectivity index (χ2v) is 6.04. The number of carboxylic acids is 1. The van der Waals surface area contributed by atoms with E-state index in [0.29, 0.717) is 22.8 Å². The molecular formula is C16H23NO3S. The van der Waals surface area contributed by atoms with Crippen LogP contribution in [0.3, 0.4) is 0 Å². The van der Waals surface area contributed by atoms with E-state index in [4.69, 9.17) is 10.8 Å². The van der Waals surface area contributed by atoms with Crippen LogP contribution in [0.5, 0.6) is 0 Å². The Labute approximate surface area is 131 Å². The van der Waals surface area contributed by atoms with Crippen molar-refractivity contribution in [3.05, 3.63) is 35.4 Å². The maximum atomic E-state index is 12.6. The lowest BCUT2D eigenvalue weighted by molar-refractivity contribution is -0.138. The number of hydrogen-bond donors (Lipinski definition) is 3. The Morgan fingerprint density at radius 2 is 1.90 bits per heavy atom. The van der Waals surface area contributed by atoms with E-state index in [1.54, 1.807) is 24.3 Å². The van der Waals surface area contributed by atoms with Gasteiger partial charge in [0.05, 0.1) is 0 Å². The summed E-state index contributed by atoms with van der Waals surface area (Å²) in [6, 6.07) is 6.08. The molecule has 1 rings (SSSR count). The lowest BCUT2D eigenvalue weighted by atomic mass is 9.88. The average molecular weight is 309 g/mol. The van der Waals surface area contributed by atoms with Gasteiger partial charge in [-0.05, 0) is 24.3 Å². The average Bonchev–Trinajstić information content (AvgIpc) is 2.44. The van der Waals surface area contributed by atoms with E-state index in [9.17, 15) is 9.59 Å². The number of Topliss-reactive ketones (excluding diaryl/α,β-unsaturated/α-hetero) is 1. The van der Waals surface area contributed by atoms with Gasteiger partial charge in [-0.25, -0.2) is 0 Å². The Kier molecular flexibility index (Phi) is 6.92. The third-order valence-corrected chi connectivity index (χ3v) is 3.83. The molecule has 1 aromatic rings. The number of benzene rings is 1. The smallest absolute Gasteiger partial charge is 0.320 e. The molecule has 1 aromatic carbocycles. The molecule has 0 bridgehead atoms. The molecule has 0 amide bonds. The lowest BCUT2D eigenvalue weighted by Crippen LogP contribution is -2.33. The number of nitrogens with two attached hydrogens (primary N) is 1. The van der Waals surface area contributed by atoms with Crippen molar-refractivity contribution in [2.24, 2.45) is 17.6 Å². The molecular weight excluding hydrogens is 286 g/mol. The first-order valence-corrected chi connectivity index (χ1v) is 7.71. The van der Waals surface area contributed by atoms with Crippen LogP contribution in [0.15, 0.2) is 24.3 Å². The zero-order valence-electron chi connectivity index (χ0n) is 12.5. The number of carbonyl (C=O) groups excluding carboxylic acids is 1. The standard InChI is InChI=1S/C16H23NO3S/c1-10(2)7-12(9-21)15(18)13-6-4-3-5-11(13)8-14(17)16(19)20/h3-6,10,12,14,21H,7-9,17H2,1-2H3,(H,19,20). The van der Waals surface area contributed by atoms with E-state index in [1.165, 1.54) is 0 Å². The lowest BCUT2D eigenvalue weighted by Gasteiger charge is -2.18. The summed E-state index contributed by atoms with van der Waals surface area (Å²) in [4.78, 5) is 23.5. The summed E-state index contributed by atoms with van der Waals surface area (Å²) in [7, 11) is 0. The first-order valence-electron chi connectivity index (χ1n) is 7.08. The quantitative estimate of drug-likeness (QED) is 0.509. The second kappa shape index (κ2) is 8.20. The fraction of sp³-hybridized carbons (Fsp3) is 0.500. The summed E-state index contributed by atoms with van der Waals surface area (Å²) in [6.07, 6.45) is 0.917. The summed E-state index contributed by atoms with van der Waals surface area (Å²) < 4.78 is 0. The van der Waals surface area contributed by atoms with Gasteiger partial charge in [-0.1, -0.05) is 38.1 Å². The van der Waals surface area contributed by atoms with Gasteiger partial charge in [-0.2, -0.15) is 12.6 Å². The van der Waals surface area contributed by atoms with Crippen molar-refractivity contribution in [3.63, 3.8) is 0 Å². The van der Waals surface area contributed by atoms with E-state index in [-0.39, 0.29) is 18.1 Å². The van der Waals surface area contributed by atoms with Crippen LogP contribution >= 0.6 is 12.6 Å². The van der Waals surface area contributed by atoms with Gasteiger partial charge >= 0.3 is 5.97 Å². The van der Waals surface area contributed by atoms with Gasteiger partial charge in [0.2, 0.25) is 0 Å². The summed E-state index contributed by atoms with van der Waals surface area (Å²) in [5.41, 5.74) is 6.83. The number of thiol groups is 1. The third-order valence-electron chi connectivity index (χ3n) is 3.39. The molecule has 0 spiro atoms. The van der Waals surface area contributed by atoms with Crippen molar-refractivity contribution in [2.45, 2.75) is 32.7 Å². The highest BCUT2D eigenvalue weighted by Gasteiger charge is 2.23. The van der Waals surface area contributed by atoms with E-state index < -0.39 is 12.0 Å². The molecule has 0 fully saturated rings. The Morgan fingerprint density at radius 3 is 2.43 bits per heavy atom. The third kappa shape index (κ3) is 5.17. The Hall–Kier alpha value is -1.33. The van der Waals surface area contributed by atoms with E-state index in [2.05, 4.69) is 26.5 Å². The molecule has 116 valence electrons. The molecule has 0 radical (unpaired) electrons. The van der Waals surface area contributed by atoms with Crippen molar-refractivity contribution < 1.29 is 14.7 Å². The van der Waals surface area contributed by atoms with Crippen LogP contribution in [0.4, 0.5) is 0 Å². The molecule has 2 atom stereocenters. The largest absolute Gasteiger partial charge is 0.480 e. The summed E-state index contributed by atoms with van der Waals surface area (Å²) in [5.74, 6) is -0.316. The highest BCUT2D eigenvalue weighted by Crippen LogP contribution is 2.21. The van der Waals surface area contributed by atoms with Gasteiger partial charge in [0.25, 0.3) is 0 Å². The molecule has 0 aliphatic heterocycles. The number of hydrogen-bond acceptors (Lipinski definition) is 4. The maximum Gasteiger partial charge on any atom is 0.320 e. The molecule has 3 N–H and O–H groups in total. The summed E-state index contributed by atoms with van der Waals surface area (Å²) in [5, 5.41) is 8.92. The summed E-state index contributed by atoms with van der Waals surface area (Å²) in [6.45, 7) is 4.13. The van der Waals surface area contributed by atoms with Gasteiger partial charge in [0.1, 0.15) is 6.04 Å². The van der Waals surface area contributed by atoms with Gasteiger partial charge < -0.3 is 10.8 Å². The molecule has 0 aliphatic carbocycles. The molecule has 0 saturated heterocycles. The normalized spacial score (nSPS) is 14.0. The molecule has 0 heterocycles. The van der Waals surface area contributed by atoms with Crippen LogP contribution in [0.1, 0.15) is 36.2 Å². The van der Waals surface area contributed by atoms with Crippen molar-refractivity contribution in [2.75, 3.05) is 5.75 Å².